The third-order valence-corrected chi connectivity index (χ3v) is 4.00. The highest BCUT2D eigenvalue weighted by Gasteiger charge is 2.20. The molecule has 0 saturated carbocycles. The Labute approximate surface area is 132 Å². The highest BCUT2D eigenvalue weighted by molar-refractivity contribution is 6.32. The SMILES string of the molecule is COc1cc(C(C)(C)C)c(Cc2ccc(C)cc2)cc1Cl. The number of hydrogen-bond donors (Lipinski definition) is 0. The minimum Gasteiger partial charge on any atom is -0.495 e. The van der Waals surface area contributed by atoms with E-state index in [-0.39, 0.29) is 5.41 Å². The van der Waals surface area contributed by atoms with Crippen LogP contribution >= 0.6 is 11.6 Å². The van der Waals surface area contributed by atoms with E-state index in [9.17, 15) is 0 Å². The van der Waals surface area contributed by atoms with Gasteiger partial charge in [-0.2, -0.15) is 0 Å². The summed E-state index contributed by atoms with van der Waals surface area (Å²) in [5, 5.41) is 0.674. The normalized spacial score (nSPS) is 11.5. The number of benzene rings is 2. The molecule has 0 aliphatic heterocycles. The lowest BCUT2D eigenvalue weighted by Crippen LogP contribution is -2.15. The summed E-state index contributed by atoms with van der Waals surface area (Å²) in [6.45, 7) is 8.76. The zero-order valence-corrected chi connectivity index (χ0v) is 14.2. The van der Waals surface area contributed by atoms with Gasteiger partial charge < -0.3 is 4.74 Å². The Morgan fingerprint density at radius 1 is 1.05 bits per heavy atom. The number of halogens is 1. The van der Waals surface area contributed by atoms with Crippen LogP contribution in [0.2, 0.25) is 5.02 Å². The highest BCUT2D eigenvalue weighted by Crippen LogP contribution is 2.35. The third kappa shape index (κ3) is 3.79. The average molecular weight is 303 g/mol. The molecule has 1 nitrogen and oxygen atoms in total. The van der Waals surface area contributed by atoms with E-state index in [0.29, 0.717) is 5.02 Å². The molecule has 2 aromatic carbocycles. The van der Waals surface area contributed by atoms with Crippen LogP contribution in [0.3, 0.4) is 0 Å². The molecule has 0 fully saturated rings. The first-order valence-corrected chi connectivity index (χ1v) is 7.61. The van der Waals surface area contributed by atoms with Crippen LogP contribution < -0.4 is 4.74 Å². The summed E-state index contributed by atoms with van der Waals surface area (Å²) in [5.74, 6) is 0.745. The van der Waals surface area contributed by atoms with Crippen molar-refractivity contribution >= 4 is 11.6 Å². The van der Waals surface area contributed by atoms with Gasteiger partial charge in [-0.25, -0.2) is 0 Å². The number of methoxy groups -OCH3 is 1. The van der Waals surface area contributed by atoms with Gasteiger partial charge in [0.2, 0.25) is 0 Å². The molecule has 0 spiro atoms. The molecule has 0 bridgehead atoms. The quantitative estimate of drug-likeness (QED) is 0.722. The molecule has 2 aromatic rings. The van der Waals surface area contributed by atoms with Crippen LogP contribution in [-0.4, -0.2) is 7.11 Å². The standard InChI is InChI=1S/C19H23ClO/c1-13-6-8-14(9-7-13)10-15-11-17(20)18(21-5)12-16(15)19(2,3)4/h6-9,11-12H,10H2,1-5H3. The summed E-state index contributed by atoms with van der Waals surface area (Å²) in [7, 11) is 1.66. The number of aryl methyl sites for hydroxylation is 1. The molecule has 0 aliphatic carbocycles. The van der Waals surface area contributed by atoms with Gasteiger partial charge >= 0.3 is 0 Å². The second-order valence-corrected chi connectivity index (χ2v) is 6.96. The predicted octanol–water partition coefficient (Wildman–Crippen LogP) is 5.55. The van der Waals surface area contributed by atoms with Crippen LogP contribution in [0.25, 0.3) is 0 Å². The highest BCUT2D eigenvalue weighted by atomic mass is 35.5. The first-order chi connectivity index (χ1) is 9.81. The van der Waals surface area contributed by atoms with Gasteiger partial charge in [-0.05, 0) is 47.6 Å². The Balaban J connectivity index is 2.46. The minimum atomic E-state index is 0.0535. The van der Waals surface area contributed by atoms with Crippen molar-refractivity contribution in [1.29, 1.82) is 0 Å². The Kier molecular flexibility index (Phi) is 4.63. The molecule has 0 N–H and O–H groups in total. The van der Waals surface area contributed by atoms with Gasteiger partial charge in [-0.3, -0.25) is 0 Å². The molecule has 0 heterocycles. The monoisotopic (exact) mass is 302 g/mol. The van der Waals surface area contributed by atoms with Crippen LogP contribution in [0, 0.1) is 6.92 Å². The van der Waals surface area contributed by atoms with Crippen LogP contribution in [0.1, 0.15) is 43.0 Å². The maximum atomic E-state index is 6.32. The maximum absolute atomic E-state index is 6.32. The van der Waals surface area contributed by atoms with E-state index < -0.39 is 0 Å². The van der Waals surface area contributed by atoms with Gasteiger partial charge in [0.25, 0.3) is 0 Å². The summed E-state index contributed by atoms with van der Waals surface area (Å²) in [5.41, 5.74) is 5.18. The van der Waals surface area contributed by atoms with Gasteiger partial charge in [0.15, 0.2) is 0 Å². The minimum absolute atomic E-state index is 0.0535. The predicted molar refractivity (Wildman–Crippen MR) is 90.7 cm³/mol. The van der Waals surface area contributed by atoms with E-state index in [1.807, 2.05) is 6.07 Å². The Morgan fingerprint density at radius 2 is 1.67 bits per heavy atom. The number of rotatable bonds is 3. The van der Waals surface area contributed by atoms with Crippen molar-refractivity contribution in [3.63, 3.8) is 0 Å². The second-order valence-electron chi connectivity index (χ2n) is 6.56. The van der Waals surface area contributed by atoms with Gasteiger partial charge in [0, 0.05) is 0 Å². The zero-order chi connectivity index (χ0) is 15.6. The Morgan fingerprint density at radius 3 is 2.19 bits per heavy atom. The second kappa shape index (κ2) is 6.11. The van der Waals surface area contributed by atoms with Crippen molar-refractivity contribution in [2.45, 2.75) is 39.5 Å². The fourth-order valence-electron chi connectivity index (χ4n) is 2.52. The van der Waals surface area contributed by atoms with E-state index >= 15 is 0 Å². The van der Waals surface area contributed by atoms with Gasteiger partial charge in [0.1, 0.15) is 5.75 Å². The molecule has 21 heavy (non-hydrogen) atoms. The molecule has 0 radical (unpaired) electrons. The lowest BCUT2D eigenvalue weighted by molar-refractivity contribution is 0.412. The van der Waals surface area contributed by atoms with E-state index in [4.69, 9.17) is 16.3 Å². The summed E-state index contributed by atoms with van der Waals surface area (Å²) >= 11 is 6.32. The van der Waals surface area contributed by atoms with E-state index in [0.717, 1.165) is 12.2 Å². The molecular weight excluding hydrogens is 280 g/mol. The number of ether oxygens (including phenoxy) is 1. The smallest absolute Gasteiger partial charge is 0.137 e. The first-order valence-electron chi connectivity index (χ1n) is 7.23. The van der Waals surface area contributed by atoms with Crippen molar-refractivity contribution in [1.82, 2.24) is 0 Å². The first kappa shape index (κ1) is 15.9. The molecule has 0 saturated heterocycles. The molecule has 0 unspecified atom stereocenters. The van der Waals surface area contributed by atoms with E-state index in [2.05, 4.69) is 58.0 Å². The maximum Gasteiger partial charge on any atom is 0.137 e. The number of hydrogen-bond acceptors (Lipinski definition) is 1. The summed E-state index contributed by atoms with van der Waals surface area (Å²) < 4.78 is 5.37. The molecule has 0 aromatic heterocycles. The lowest BCUT2D eigenvalue weighted by Gasteiger charge is -2.24. The van der Waals surface area contributed by atoms with Crippen LogP contribution in [0.5, 0.6) is 5.75 Å². The van der Waals surface area contributed by atoms with Crippen molar-refractivity contribution in [2.24, 2.45) is 0 Å². The summed E-state index contributed by atoms with van der Waals surface area (Å²) in [6, 6.07) is 12.8. The zero-order valence-electron chi connectivity index (χ0n) is 13.5. The van der Waals surface area contributed by atoms with E-state index in [1.54, 1.807) is 7.11 Å². The van der Waals surface area contributed by atoms with Crippen molar-refractivity contribution in [3.8, 4) is 5.75 Å². The van der Waals surface area contributed by atoms with E-state index in [1.165, 1.54) is 22.3 Å². The average Bonchev–Trinajstić information content (AvgIpc) is 2.40. The molecule has 112 valence electrons. The van der Waals surface area contributed by atoms with Gasteiger partial charge in [-0.1, -0.05) is 62.2 Å². The topological polar surface area (TPSA) is 9.23 Å². The largest absolute Gasteiger partial charge is 0.495 e. The Bertz CT molecular complexity index is 621. The fraction of sp³-hybridized carbons (Fsp3) is 0.368. The lowest BCUT2D eigenvalue weighted by atomic mass is 9.82. The van der Waals surface area contributed by atoms with Gasteiger partial charge in [-0.15, -0.1) is 0 Å². The van der Waals surface area contributed by atoms with Crippen LogP contribution in [-0.2, 0) is 11.8 Å². The third-order valence-electron chi connectivity index (χ3n) is 3.70. The molecule has 2 heteroatoms. The molecule has 2 rings (SSSR count). The van der Waals surface area contributed by atoms with Crippen LogP contribution in [0.15, 0.2) is 36.4 Å². The molecule has 0 amide bonds. The summed E-state index contributed by atoms with van der Waals surface area (Å²) in [6.07, 6.45) is 0.886. The molecule has 0 atom stereocenters. The van der Waals surface area contributed by atoms with Crippen molar-refractivity contribution in [3.05, 3.63) is 63.7 Å². The van der Waals surface area contributed by atoms with Crippen molar-refractivity contribution in [2.75, 3.05) is 7.11 Å². The van der Waals surface area contributed by atoms with Crippen LogP contribution in [0.4, 0.5) is 0 Å². The molecular formula is C19H23ClO. The molecule has 0 aliphatic rings. The van der Waals surface area contributed by atoms with Crippen molar-refractivity contribution < 1.29 is 4.74 Å². The fourth-order valence-corrected chi connectivity index (χ4v) is 2.78. The Hall–Kier alpha value is -1.47. The summed E-state index contributed by atoms with van der Waals surface area (Å²) in [4.78, 5) is 0. The van der Waals surface area contributed by atoms with Gasteiger partial charge in [0.05, 0.1) is 12.1 Å².